The number of hydrogen-bond donors (Lipinski definition) is 1. The van der Waals surface area contributed by atoms with Gasteiger partial charge >= 0.3 is 6.03 Å². The molecule has 0 aromatic heterocycles. The Morgan fingerprint density at radius 2 is 2.07 bits per heavy atom. The van der Waals surface area contributed by atoms with Crippen LogP contribution in [0, 0.1) is 0 Å². The fourth-order valence-corrected chi connectivity index (χ4v) is 3.35. The Morgan fingerprint density at radius 1 is 1.30 bits per heavy atom. The summed E-state index contributed by atoms with van der Waals surface area (Å²) in [5, 5.41) is 4.18. The Kier molecular flexibility index (Phi) is 5.36. The van der Waals surface area contributed by atoms with Crippen LogP contribution in [0.1, 0.15) is 18.5 Å². The summed E-state index contributed by atoms with van der Waals surface area (Å²) in [5.41, 5.74) is 1.70. The van der Waals surface area contributed by atoms with Gasteiger partial charge in [0.2, 0.25) is 0 Å². The minimum Gasteiger partial charge on any atom is -0.497 e. The highest BCUT2D eigenvalue weighted by molar-refractivity contribution is 6.01. The fraction of sp³-hybridized carbons (Fsp3) is 0.368. The zero-order chi connectivity index (χ0) is 19.6. The second-order valence-electron chi connectivity index (χ2n) is 6.01. The molecule has 0 spiro atoms. The summed E-state index contributed by atoms with van der Waals surface area (Å²) in [4.78, 5) is 32.7. The van der Waals surface area contributed by atoms with Crippen LogP contribution >= 0.6 is 0 Å². The number of ether oxygens (including phenoxy) is 2. The van der Waals surface area contributed by atoms with Gasteiger partial charge in [-0.1, -0.05) is 6.08 Å². The first-order chi connectivity index (χ1) is 13.0. The van der Waals surface area contributed by atoms with Crippen LogP contribution in [-0.4, -0.2) is 55.8 Å². The molecule has 1 N–H and O–H groups in total. The first-order valence-corrected chi connectivity index (χ1v) is 8.64. The average molecular weight is 373 g/mol. The number of nitrogens with zero attached hydrogens (tertiary/aromatic N) is 2. The number of nitrogens with one attached hydrogen (secondary N) is 1. The van der Waals surface area contributed by atoms with Gasteiger partial charge < -0.3 is 14.8 Å². The zero-order valence-electron chi connectivity index (χ0n) is 15.7. The molecule has 0 bridgehead atoms. The molecule has 3 rings (SSSR count). The molecule has 3 amide bonds. The molecule has 144 valence electrons. The third-order valence-corrected chi connectivity index (χ3v) is 4.53. The van der Waals surface area contributed by atoms with Gasteiger partial charge in [0, 0.05) is 12.1 Å². The van der Waals surface area contributed by atoms with E-state index < -0.39 is 6.04 Å². The first-order valence-electron chi connectivity index (χ1n) is 8.64. The number of hydrogen-bond acceptors (Lipinski definition) is 5. The molecule has 0 aliphatic carbocycles. The number of methoxy groups -OCH3 is 2. The van der Waals surface area contributed by atoms with Crippen LogP contribution in [0.2, 0.25) is 0 Å². The van der Waals surface area contributed by atoms with Gasteiger partial charge in [0.25, 0.3) is 5.91 Å². The molecular weight excluding hydrogens is 350 g/mol. The predicted octanol–water partition coefficient (Wildman–Crippen LogP) is 2.00. The van der Waals surface area contributed by atoms with Crippen molar-refractivity contribution in [2.45, 2.75) is 13.0 Å². The van der Waals surface area contributed by atoms with E-state index in [2.05, 4.69) is 11.9 Å². The Balaban J connectivity index is 2.12. The van der Waals surface area contributed by atoms with Crippen molar-refractivity contribution in [3.63, 3.8) is 0 Å². The van der Waals surface area contributed by atoms with Crippen molar-refractivity contribution < 1.29 is 23.9 Å². The Bertz CT molecular complexity index is 805. The molecule has 2 heterocycles. The molecular formula is C19H23N3O5. The summed E-state index contributed by atoms with van der Waals surface area (Å²) in [6, 6.07) is 4.28. The summed E-state index contributed by atoms with van der Waals surface area (Å²) >= 11 is 0. The topological polar surface area (TPSA) is 80.3 Å². The molecule has 8 heteroatoms. The number of rotatable bonds is 7. The second kappa shape index (κ2) is 7.71. The van der Waals surface area contributed by atoms with Crippen LogP contribution < -0.4 is 14.8 Å². The quantitative estimate of drug-likeness (QED) is 0.740. The first kappa shape index (κ1) is 18.8. The van der Waals surface area contributed by atoms with Gasteiger partial charge in [-0.2, -0.15) is 0 Å². The SMILES string of the molecule is C=CCN1C(=O)N[C@H](c2cc(OC)ccc2OC)C2=C1CN(OCC)C2=O. The van der Waals surface area contributed by atoms with E-state index in [1.54, 1.807) is 38.3 Å². The molecule has 0 unspecified atom stereocenters. The molecule has 8 nitrogen and oxygen atoms in total. The van der Waals surface area contributed by atoms with Crippen molar-refractivity contribution in [2.75, 3.05) is 33.9 Å². The normalized spacial score (nSPS) is 19.1. The third kappa shape index (κ3) is 3.23. The summed E-state index contributed by atoms with van der Waals surface area (Å²) in [6.45, 7) is 6.34. The van der Waals surface area contributed by atoms with Crippen molar-refractivity contribution in [3.8, 4) is 11.5 Å². The van der Waals surface area contributed by atoms with E-state index in [9.17, 15) is 9.59 Å². The van der Waals surface area contributed by atoms with Gasteiger partial charge in [0.15, 0.2) is 0 Å². The van der Waals surface area contributed by atoms with E-state index in [4.69, 9.17) is 14.3 Å². The van der Waals surface area contributed by atoms with Gasteiger partial charge in [0.1, 0.15) is 11.5 Å². The maximum atomic E-state index is 13.0. The highest BCUT2D eigenvalue weighted by Gasteiger charge is 2.45. The molecule has 1 aromatic rings. The Hall–Kier alpha value is -3.00. The number of carbonyl (C=O) groups is 2. The van der Waals surface area contributed by atoms with Crippen LogP contribution in [0.5, 0.6) is 11.5 Å². The fourth-order valence-electron chi connectivity index (χ4n) is 3.35. The Morgan fingerprint density at radius 3 is 2.70 bits per heavy atom. The van der Waals surface area contributed by atoms with E-state index in [0.717, 1.165) is 0 Å². The minimum absolute atomic E-state index is 0.200. The van der Waals surface area contributed by atoms with Gasteiger partial charge in [-0.25, -0.2) is 9.86 Å². The second-order valence-corrected chi connectivity index (χ2v) is 6.01. The molecule has 0 saturated heterocycles. The zero-order valence-corrected chi connectivity index (χ0v) is 15.7. The number of urea groups is 1. The highest BCUT2D eigenvalue weighted by Crippen LogP contribution is 2.40. The van der Waals surface area contributed by atoms with Gasteiger partial charge in [-0.05, 0) is 25.1 Å². The predicted molar refractivity (Wildman–Crippen MR) is 98.1 cm³/mol. The van der Waals surface area contributed by atoms with Crippen molar-refractivity contribution in [1.29, 1.82) is 0 Å². The standard InChI is InChI=1S/C19H23N3O5/c1-5-9-21-14-11-22(27-6-2)18(23)16(14)17(20-19(21)24)13-10-12(25-3)7-8-15(13)26-4/h5,7-8,10,17H,1,6,9,11H2,2-4H3,(H,20,24)/t17-/m1/s1. The van der Waals surface area contributed by atoms with Crippen LogP contribution in [0.25, 0.3) is 0 Å². The summed E-state index contributed by atoms with van der Waals surface area (Å²) in [6.07, 6.45) is 1.62. The van der Waals surface area contributed by atoms with Crippen molar-refractivity contribution >= 4 is 11.9 Å². The van der Waals surface area contributed by atoms with Crippen LogP contribution in [0.3, 0.4) is 0 Å². The average Bonchev–Trinajstić information content (AvgIpc) is 3.00. The van der Waals surface area contributed by atoms with E-state index in [1.807, 2.05) is 0 Å². The van der Waals surface area contributed by atoms with Gasteiger partial charge in [-0.3, -0.25) is 14.5 Å². The molecule has 2 aliphatic rings. The van der Waals surface area contributed by atoms with E-state index in [-0.39, 0.29) is 18.5 Å². The molecule has 0 saturated carbocycles. The van der Waals surface area contributed by atoms with E-state index in [1.165, 1.54) is 17.1 Å². The summed E-state index contributed by atoms with van der Waals surface area (Å²) < 4.78 is 10.8. The lowest BCUT2D eigenvalue weighted by Gasteiger charge is -2.33. The lowest BCUT2D eigenvalue weighted by molar-refractivity contribution is -0.174. The molecule has 2 aliphatic heterocycles. The maximum absolute atomic E-state index is 13.0. The summed E-state index contributed by atoms with van der Waals surface area (Å²) in [7, 11) is 3.09. The minimum atomic E-state index is -0.670. The van der Waals surface area contributed by atoms with E-state index >= 15 is 0 Å². The van der Waals surface area contributed by atoms with Crippen molar-refractivity contribution in [2.24, 2.45) is 0 Å². The molecule has 0 fully saturated rings. The van der Waals surface area contributed by atoms with Crippen LogP contribution in [-0.2, 0) is 9.63 Å². The maximum Gasteiger partial charge on any atom is 0.322 e. The van der Waals surface area contributed by atoms with Crippen LogP contribution in [0.4, 0.5) is 4.79 Å². The number of benzene rings is 1. The third-order valence-electron chi connectivity index (χ3n) is 4.53. The molecule has 1 aromatic carbocycles. The number of carbonyl (C=O) groups excluding carboxylic acids is 2. The largest absolute Gasteiger partial charge is 0.497 e. The molecule has 1 atom stereocenters. The lowest BCUT2D eigenvalue weighted by Crippen LogP contribution is -2.47. The van der Waals surface area contributed by atoms with Crippen molar-refractivity contribution in [1.82, 2.24) is 15.3 Å². The van der Waals surface area contributed by atoms with E-state index in [0.29, 0.717) is 41.5 Å². The monoisotopic (exact) mass is 373 g/mol. The van der Waals surface area contributed by atoms with Crippen molar-refractivity contribution in [3.05, 3.63) is 47.7 Å². The number of amides is 3. The lowest BCUT2D eigenvalue weighted by atomic mass is 9.94. The van der Waals surface area contributed by atoms with Gasteiger partial charge in [-0.15, -0.1) is 6.58 Å². The summed E-state index contributed by atoms with van der Waals surface area (Å²) in [5.74, 6) is 0.867. The smallest absolute Gasteiger partial charge is 0.322 e. The van der Waals surface area contributed by atoms with Crippen LogP contribution in [0.15, 0.2) is 42.1 Å². The molecule has 27 heavy (non-hydrogen) atoms. The highest BCUT2D eigenvalue weighted by atomic mass is 16.7. The Labute approximate surface area is 157 Å². The van der Waals surface area contributed by atoms with Gasteiger partial charge in [0.05, 0.1) is 44.7 Å². The molecule has 0 radical (unpaired) electrons. The number of hydroxylamine groups is 2.